The molecule has 2 heterocycles. The first kappa shape index (κ1) is 19.0. The Labute approximate surface area is 138 Å². The maximum atomic E-state index is 10.8. The van der Waals surface area contributed by atoms with Crippen molar-refractivity contribution in [3.63, 3.8) is 0 Å². The van der Waals surface area contributed by atoms with E-state index >= 15 is 0 Å². The molecule has 12 heteroatoms. The molecule has 126 valence electrons. The summed E-state index contributed by atoms with van der Waals surface area (Å²) in [5.74, 6) is 0.812. The Balaban J connectivity index is 0.000000231. The van der Waals surface area contributed by atoms with E-state index in [0.29, 0.717) is 10.3 Å². The second kappa shape index (κ2) is 8.53. The molecule has 0 unspecified atom stereocenters. The van der Waals surface area contributed by atoms with Crippen molar-refractivity contribution in [2.75, 3.05) is 12.0 Å². The quantitative estimate of drug-likeness (QED) is 0.513. The zero-order valence-corrected chi connectivity index (χ0v) is 14.6. The van der Waals surface area contributed by atoms with Crippen LogP contribution in [0.15, 0.2) is 29.5 Å². The first-order valence-electron chi connectivity index (χ1n) is 6.31. The summed E-state index contributed by atoms with van der Waals surface area (Å²) >= 11 is 2.71. The van der Waals surface area contributed by atoms with Crippen molar-refractivity contribution in [3.8, 4) is 0 Å². The van der Waals surface area contributed by atoms with Gasteiger partial charge in [-0.05, 0) is 12.0 Å². The lowest BCUT2D eigenvalue weighted by atomic mass is 10.8. The summed E-state index contributed by atoms with van der Waals surface area (Å²) in [5, 5.41) is 5.71. The lowest BCUT2D eigenvalue weighted by molar-refractivity contribution is 0.596. The molecule has 0 aromatic carbocycles. The Bertz CT molecular complexity index is 897. The van der Waals surface area contributed by atoms with Crippen molar-refractivity contribution >= 4 is 23.5 Å². The van der Waals surface area contributed by atoms with Gasteiger partial charge < -0.3 is 0 Å². The third kappa shape index (κ3) is 5.25. The number of hydrogen-bond acceptors (Lipinski definition) is 8. The lowest BCUT2D eigenvalue weighted by Crippen LogP contribution is -2.33. The fourth-order valence-corrected chi connectivity index (χ4v) is 2.50. The minimum Gasteiger partial charge on any atom is -0.265 e. The molecule has 0 amide bonds. The molecule has 0 aliphatic carbocycles. The van der Waals surface area contributed by atoms with E-state index < -0.39 is 22.2 Å². The molecule has 10 nitrogen and oxygen atoms in total. The van der Waals surface area contributed by atoms with E-state index in [9.17, 15) is 19.2 Å². The van der Waals surface area contributed by atoms with Crippen LogP contribution >= 0.6 is 23.5 Å². The SMILES string of the molecule is CCSc1nc(=O)c(=O)[nH]n1C.CSc1nc(=O)c(=O)[nH]n1C. The van der Waals surface area contributed by atoms with E-state index in [0.717, 1.165) is 5.75 Å². The normalized spacial score (nSPS) is 10.1. The van der Waals surface area contributed by atoms with E-state index in [-0.39, 0.29) is 0 Å². The summed E-state index contributed by atoms with van der Waals surface area (Å²) in [5.41, 5.74) is -2.85. The van der Waals surface area contributed by atoms with Gasteiger partial charge in [0.15, 0.2) is 10.3 Å². The third-order valence-electron chi connectivity index (χ3n) is 2.35. The van der Waals surface area contributed by atoms with E-state index in [1.807, 2.05) is 6.92 Å². The maximum Gasteiger partial charge on any atom is 0.339 e. The zero-order valence-electron chi connectivity index (χ0n) is 12.9. The van der Waals surface area contributed by atoms with Gasteiger partial charge in [0.1, 0.15) is 0 Å². The predicted molar refractivity (Wildman–Crippen MR) is 88.4 cm³/mol. The lowest BCUT2D eigenvalue weighted by Gasteiger charge is -2.02. The molecule has 0 aliphatic rings. The predicted octanol–water partition coefficient (Wildman–Crippen LogP) is -1.23. The smallest absolute Gasteiger partial charge is 0.265 e. The number of aromatic amines is 2. The van der Waals surface area contributed by atoms with E-state index in [1.54, 1.807) is 20.4 Å². The van der Waals surface area contributed by atoms with Crippen LogP contribution in [-0.2, 0) is 14.1 Å². The summed E-state index contributed by atoms with van der Waals surface area (Å²) < 4.78 is 2.85. The molecule has 0 saturated heterocycles. The van der Waals surface area contributed by atoms with Gasteiger partial charge in [0, 0.05) is 14.1 Å². The number of nitrogens with one attached hydrogen (secondary N) is 2. The topological polar surface area (TPSA) is 136 Å². The van der Waals surface area contributed by atoms with Crippen molar-refractivity contribution in [2.24, 2.45) is 14.1 Å². The van der Waals surface area contributed by atoms with Gasteiger partial charge in [-0.3, -0.25) is 38.7 Å². The van der Waals surface area contributed by atoms with Gasteiger partial charge in [-0.25, -0.2) is 0 Å². The monoisotopic (exact) mass is 360 g/mol. The minimum absolute atomic E-state index is 0.495. The molecule has 0 fully saturated rings. The van der Waals surface area contributed by atoms with Crippen molar-refractivity contribution in [1.29, 1.82) is 0 Å². The molecular formula is C11H16N6O4S2. The van der Waals surface area contributed by atoms with Crippen LogP contribution in [0.25, 0.3) is 0 Å². The number of aryl methyl sites for hydroxylation is 2. The van der Waals surface area contributed by atoms with Crippen LogP contribution in [0.1, 0.15) is 6.92 Å². The average Bonchev–Trinajstić information content (AvgIpc) is 2.49. The van der Waals surface area contributed by atoms with Gasteiger partial charge in [0.25, 0.3) is 0 Å². The Kier molecular flexibility index (Phi) is 7.03. The fourth-order valence-electron chi connectivity index (χ4n) is 1.36. The largest absolute Gasteiger partial charge is 0.339 e. The van der Waals surface area contributed by atoms with Gasteiger partial charge in [0.2, 0.25) is 0 Å². The molecule has 0 spiro atoms. The molecule has 0 atom stereocenters. The summed E-state index contributed by atoms with van der Waals surface area (Å²) in [6.45, 7) is 1.95. The van der Waals surface area contributed by atoms with Crippen molar-refractivity contribution in [1.82, 2.24) is 29.5 Å². The highest BCUT2D eigenvalue weighted by Gasteiger charge is 2.02. The van der Waals surface area contributed by atoms with Crippen molar-refractivity contribution < 1.29 is 0 Å². The molecule has 2 aromatic heterocycles. The Morgan fingerprint density at radius 2 is 1.35 bits per heavy atom. The standard InChI is InChI=1S/C6H9N3O2S.C5H7N3O2S/c1-3-12-6-7-4(10)5(11)8-9(6)2;1-8-5(11-2)6-3(9)4(10)7-8/h3H2,1-2H3,(H,8,11);1-2H3,(H,7,10). The molecule has 0 saturated carbocycles. The highest BCUT2D eigenvalue weighted by molar-refractivity contribution is 7.99. The second-order valence-electron chi connectivity index (χ2n) is 4.04. The van der Waals surface area contributed by atoms with Crippen LogP contribution in [0.2, 0.25) is 0 Å². The van der Waals surface area contributed by atoms with Crippen molar-refractivity contribution in [3.05, 3.63) is 41.4 Å². The number of thioether (sulfide) groups is 2. The summed E-state index contributed by atoms with van der Waals surface area (Å²) in [7, 11) is 3.27. The van der Waals surface area contributed by atoms with E-state index in [4.69, 9.17) is 0 Å². The summed E-state index contributed by atoms with van der Waals surface area (Å²) in [6, 6.07) is 0. The third-order valence-corrected chi connectivity index (χ3v) is 3.99. The first-order valence-corrected chi connectivity index (χ1v) is 8.52. The number of rotatable bonds is 3. The van der Waals surface area contributed by atoms with Crippen LogP contribution in [0.3, 0.4) is 0 Å². The molecule has 23 heavy (non-hydrogen) atoms. The van der Waals surface area contributed by atoms with Crippen LogP contribution in [0.4, 0.5) is 0 Å². The van der Waals surface area contributed by atoms with Gasteiger partial charge in [0.05, 0.1) is 0 Å². The average molecular weight is 360 g/mol. The second-order valence-corrected chi connectivity index (χ2v) is 6.04. The molecule has 2 rings (SSSR count). The van der Waals surface area contributed by atoms with Gasteiger partial charge >= 0.3 is 22.2 Å². The van der Waals surface area contributed by atoms with Crippen molar-refractivity contribution in [2.45, 2.75) is 17.2 Å². The Morgan fingerprint density at radius 3 is 1.78 bits per heavy atom. The molecule has 0 radical (unpaired) electrons. The first-order chi connectivity index (χ1) is 10.8. The molecule has 0 aliphatic heterocycles. The zero-order chi connectivity index (χ0) is 17.6. The highest BCUT2D eigenvalue weighted by Crippen LogP contribution is 2.08. The maximum absolute atomic E-state index is 10.8. The molecule has 2 aromatic rings. The van der Waals surface area contributed by atoms with Gasteiger partial charge in [-0.1, -0.05) is 30.4 Å². The fraction of sp³-hybridized carbons (Fsp3) is 0.455. The van der Waals surface area contributed by atoms with Crippen LogP contribution < -0.4 is 22.2 Å². The van der Waals surface area contributed by atoms with Crippen LogP contribution in [0.5, 0.6) is 0 Å². The number of aromatic nitrogens is 6. The number of H-pyrrole nitrogens is 2. The number of hydrogen-bond donors (Lipinski definition) is 2. The van der Waals surface area contributed by atoms with Crippen LogP contribution in [-0.4, -0.2) is 41.5 Å². The molecule has 2 N–H and O–H groups in total. The molecule has 0 bridgehead atoms. The van der Waals surface area contributed by atoms with E-state index in [2.05, 4.69) is 20.2 Å². The van der Waals surface area contributed by atoms with Gasteiger partial charge in [-0.15, -0.1) is 0 Å². The number of nitrogens with zero attached hydrogens (tertiary/aromatic N) is 4. The van der Waals surface area contributed by atoms with E-state index in [1.165, 1.54) is 32.9 Å². The van der Waals surface area contributed by atoms with Crippen LogP contribution in [0, 0.1) is 0 Å². The summed E-state index contributed by atoms with van der Waals surface area (Å²) in [4.78, 5) is 49.9. The highest BCUT2D eigenvalue weighted by atomic mass is 32.2. The Hall–Kier alpha value is -2.08. The minimum atomic E-state index is -0.743. The summed E-state index contributed by atoms with van der Waals surface area (Å²) in [6.07, 6.45) is 1.78. The Morgan fingerprint density at radius 1 is 0.913 bits per heavy atom. The molecular weight excluding hydrogens is 344 g/mol. The van der Waals surface area contributed by atoms with Gasteiger partial charge in [-0.2, -0.15) is 9.97 Å².